The fraction of sp³-hybridized carbons (Fsp3) is 0.533. The van der Waals surface area contributed by atoms with Crippen molar-refractivity contribution in [3.8, 4) is 11.8 Å². The number of aliphatic hydroxyl groups is 1. The Kier molecular flexibility index (Phi) is 3.32. The fourth-order valence-electron chi connectivity index (χ4n) is 2.10. The van der Waals surface area contributed by atoms with Crippen LogP contribution in [0, 0.1) is 11.3 Å². The summed E-state index contributed by atoms with van der Waals surface area (Å²) in [4.78, 5) is 0. The zero-order chi connectivity index (χ0) is 13.3. The molecule has 0 unspecified atom stereocenters. The SMILES string of the molecule is CC(C)(C)c1cc(C#N)ccc1O[C@H]1C[C@@H](O)C1. The van der Waals surface area contributed by atoms with Crippen LogP contribution in [0.25, 0.3) is 0 Å². The average Bonchev–Trinajstić information content (AvgIpc) is 2.26. The fourth-order valence-corrected chi connectivity index (χ4v) is 2.10. The predicted octanol–water partition coefficient (Wildman–Crippen LogP) is 2.76. The Balaban J connectivity index is 2.26. The number of aliphatic hydroxyl groups excluding tert-OH is 1. The van der Waals surface area contributed by atoms with Gasteiger partial charge in [0.1, 0.15) is 11.9 Å². The molecule has 2 rings (SSSR count). The molecule has 1 saturated carbocycles. The molecule has 1 aliphatic carbocycles. The van der Waals surface area contributed by atoms with Gasteiger partial charge in [0.2, 0.25) is 0 Å². The van der Waals surface area contributed by atoms with Crippen molar-refractivity contribution in [2.75, 3.05) is 0 Å². The first-order valence-corrected chi connectivity index (χ1v) is 6.29. The van der Waals surface area contributed by atoms with E-state index in [1.165, 1.54) is 0 Å². The number of nitriles is 1. The third kappa shape index (κ3) is 2.65. The number of hydrogen-bond donors (Lipinski definition) is 1. The monoisotopic (exact) mass is 245 g/mol. The molecule has 0 aliphatic heterocycles. The van der Waals surface area contributed by atoms with Crippen molar-refractivity contribution in [2.45, 2.75) is 51.2 Å². The van der Waals surface area contributed by atoms with Gasteiger partial charge in [0.05, 0.1) is 17.7 Å². The molecule has 1 aliphatic rings. The van der Waals surface area contributed by atoms with E-state index in [4.69, 9.17) is 10.00 Å². The molecule has 3 nitrogen and oxygen atoms in total. The lowest BCUT2D eigenvalue weighted by atomic mass is 9.85. The highest BCUT2D eigenvalue weighted by molar-refractivity contribution is 5.45. The molecule has 96 valence electrons. The smallest absolute Gasteiger partial charge is 0.123 e. The molecule has 0 amide bonds. The van der Waals surface area contributed by atoms with E-state index in [1.807, 2.05) is 12.1 Å². The van der Waals surface area contributed by atoms with Crippen LogP contribution in [0.2, 0.25) is 0 Å². The van der Waals surface area contributed by atoms with Gasteiger partial charge in [-0.05, 0) is 23.6 Å². The van der Waals surface area contributed by atoms with Gasteiger partial charge in [-0.3, -0.25) is 0 Å². The van der Waals surface area contributed by atoms with Crippen molar-refractivity contribution in [1.29, 1.82) is 5.26 Å². The largest absolute Gasteiger partial charge is 0.490 e. The number of rotatable bonds is 2. The molecule has 0 saturated heterocycles. The van der Waals surface area contributed by atoms with Gasteiger partial charge in [0, 0.05) is 18.4 Å². The Morgan fingerprint density at radius 3 is 2.50 bits per heavy atom. The van der Waals surface area contributed by atoms with Crippen LogP contribution in [0.5, 0.6) is 5.75 Å². The van der Waals surface area contributed by atoms with Crippen LogP contribution >= 0.6 is 0 Å². The van der Waals surface area contributed by atoms with Crippen LogP contribution in [0.15, 0.2) is 18.2 Å². The first kappa shape index (κ1) is 12.9. The Labute approximate surface area is 108 Å². The lowest BCUT2D eigenvalue weighted by Gasteiger charge is -2.33. The number of hydrogen-bond acceptors (Lipinski definition) is 3. The maximum atomic E-state index is 9.28. The summed E-state index contributed by atoms with van der Waals surface area (Å²) >= 11 is 0. The minimum Gasteiger partial charge on any atom is -0.490 e. The Hall–Kier alpha value is -1.53. The van der Waals surface area contributed by atoms with E-state index in [1.54, 1.807) is 6.07 Å². The Morgan fingerprint density at radius 2 is 2.00 bits per heavy atom. The Bertz CT molecular complexity index is 476. The summed E-state index contributed by atoms with van der Waals surface area (Å²) in [7, 11) is 0. The van der Waals surface area contributed by atoms with E-state index >= 15 is 0 Å². The van der Waals surface area contributed by atoms with Crippen molar-refractivity contribution in [3.05, 3.63) is 29.3 Å². The topological polar surface area (TPSA) is 53.2 Å². The van der Waals surface area contributed by atoms with Crippen LogP contribution in [-0.2, 0) is 5.41 Å². The summed E-state index contributed by atoms with van der Waals surface area (Å²) in [6.07, 6.45) is 1.29. The number of nitrogens with zero attached hydrogens (tertiary/aromatic N) is 1. The standard InChI is InChI=1S/C15H19NO2/c1-15(2,3)13-6-10(9-16)4-5-14(13)18-12-7-11(17)8-12/h4-6,11-12,17H,7-8H2,1-3H3/t11-,12+. The lowest BCUT2D eigenvalue weighted by molar-refractivity contribution is -0.0115. The third-order valence-corrected chi connectivity index (χ3v) is 3.28. The summed E-state index contributed by atoms with van der Waals surface area (Å²) in [5.74, 6) is 0.832. The highest BCUT2D eigenvalue weighted by atomic mass is 16.5. The van der Waals surface area contributed by atoms with Gasteiger partial charge in [-0.1, -0.05) is 20.8 Å². The molecular formula is C15H19NO2. The normalized spacial score (nSPS) is 23.1. The van der Waals surface area contributed by atoms with Gasteiger partial charge >= 0.3 is 0 Å². The second kappa shape index (κ2) is 4.62. The molecule has 18 heavy (non-hydrogen) atoms. The van der Waals surface area contributed by atoms with Gasteiger partial charge in [0.25, 0.3) is 0 Å². The van der Waals surface area contributed by atoms with Gasteiger partial charge in [-0.25, -0.2) is 0 Å². The molecule has 1 N–H and O–H groups in total. The Morgan fingerprint density at radius 1 is 1.33 bits per heavy atom. The maximum Gasteiger partial charge on any atom is 0.123 e. The zero-order valence-corrected chi connectivity index (χ0v) is 11.1. The van der Waals surface area contributed by atoms with E-state index in [0.717, 1.165) is 11.3 Å². The van der Waals surface area contributed by atoms with Crippen molar-refractivity contribution in [1.82, 2.24) is 0 Å². The molecule has 0 heterocycles. The van der Waals surface area contributed by atoms with Gasteiger partial charge in [0.15, 0.2) is 0 Å². The van der Waals surface area contributed by atoms with Crippen molar-refractivity contribution in [2.24, 2.45) is 0 Å². The molecule has 0 aromatic heterocycles. The summed E-state index contributed by atoms with van der Waals surface area (Å²) in [6, 6.07) is 7.70. The molecule has 1 aromatic rings. The number of ether oxygens (including phenoxy) is 1. The van der Waals surface area contributed by atoms with E-state index in [2.05, 4.69) is 26.8 Å². The van der Waals surface area contributed by atoms with Crippen LogP contribution in [0.3, 0.4) is 0 Å². The van der Waals surface area contributed by atoms with Crippen molar-refractivity contribution < 1.29 is 9.84 Å². The van der Waals surface area contributed by atoms with Gasteiger partial charge in [-0.15, -0.1) is 0 Å². The van der Waals surface area contributed by atoms with E-state index in [0.29, 0.717) is 18.4 Å². The van der Waals surface area contributed by atoms with Crippen LogP contribution < -0.4 is 4.74 Å². The van der Waals surface area contributed by atoms with Crippen molar-refractivity contribution in [3.63, 3.8) is 0 Å². The second-order valence-corrected chi connectivity index (χ2v) is 5.94. The highest BCUT2D eigenvalue weighted by Gasteiger charge is 2.30. The van der Waals surface area contributed by atoms with Gasteiger partial charge in [-0.2, -0.15) is 5.26 Å². The zero-order valence-electron chi connectivity index (χ0n) is 11.1. The third-order valence-electron chi connectivity index (χ3n) is 3.28. The summed E-state index contributed by atoms with van der Waals surface area (Å²) in [5, 5.41) is 18.3. The van der Waals surface area contributed by atoms with E-state index < -0.39 is 0 Å². The first-order valence-electron chi connectivity index (χ1n) is 6.29. The maximum absolute atomic E-state index is 9.28. The van der Waals surface area contributed by atoms with Crippen LogP contribution in [-0.4, -0.2) is 17.3 Å². The molecule has 0 atom stereocenters. The molecule has 3 heteroatoms. The first-order chi connectivity index (χ1) is 8.40. The molecule has 0 spiro atoms. The summed E-state index contributed by atoms with van der Waals surface area (Å²) in [6.45, 7) is 6.31. The average molecular weight is 245 g/mol. The van der Waals surface area contributed by atoms with Gasteiger partial charge < -0.3 is 9.84 Å². The van der Waals surface area contributed by atoms with Crippen LogP contribution in [0.1, 0.15) is 44.7 Å². The molecule has 0 bridgehead atoms. The molecule has 1 fully saturated rings. The minimum atomic E-state index is -0.216. The summed E-state index contributed by atoms with van der Waals surface area (Å²) < 4.78 is 5.91. The predicted molar refractivity (Wildman–Crippen MR) is 69.5 cm³/mol. The lowest BCUT2D eigenvalue weighted by Crippen LogP contribution is -2.38. The van der Waals surface area contributed by atoms with E-state index in [9.17, 15) is 5.11 Å². The summed E-state index contributed by atoms with van der Waals surface area (Å²) in [5.41, 5.74) is 1.63. The quantitative estimate of drug-likeness (QED) is 0.871. The van der Waals surface area contributed by atoms with Crippen LogP contribution in [0.4, 0.5) is 0 Å². The molecule has 0 radical (unpaired) electrons. The number of benzene rings is 1. The molecule has 1 aromatic carbocycles. The molecular weight excluding hydrogens is 226 g/mol. The van der Waals surface area contributed by atoms with E-state index in [-0.39, 0.29) is 17.6 Å². The second-order valence-electron chi connectivity index (χ2n) is 5.94. The van der Waals surface area contributed by atoms with Crippen molar-refractivity contribution >= 4 is 0 Å². The minimum absolute atomic E-state index is 0.0649. The highest BCUT2D eigenvalue weighted by Crippen LogP contribution is 2.35.